The zero-order valence-corrected chi connectivity index (χ0v) is 10.8. The van der Waals surface area contributed by atoms with Crippen molar-refractivity contribution >= 4 is 11.8 Å². The Hall–Kier alpha value is -2.76. The van der Waals surface area contributed by atoms with Crippen LogP contribution >= 0.6 is 0 Å². The molecule has 0 atom stereocenters. The zero-order valence-electron chi connectivity index (χ0n) is 10.8. The van der Waals surface area contributed by atoms with Crippen LogP contribution in [-0.4, -0.2) is 18.4 Å². The first kappa shape index (κ1) is 13.2. The molecule has 6 heteroatoms. The molecule has 0 bridgehead atoms. The largest absolute Gasteiger partial charge is 0.442 e. The highest BCUT2D eigenvalue weighted by Gasteiger charge is 2.16. The highest BCUT2D eigenvalue weighted by molar-refractivity contribution is 6.03. The lowest BCUT2D eigenvalue weighted by Gasteiger charge is -2.14. The Morgan fingerprint density at radius 2 is 1.81 bits per heavy atom. The van der Waals surface area contributed by atoms with Crippen molar-refractivity contribution in [3.05, 3.63) is 59.7 Å². The van der Waals surface area contributed by atoms with Crippen LogP contribution in [0.5, 0.6) is 0 Å². The summed E-state index contributed by atoms with van der Waals surface area (Å²) in [6.45, 7) is -0.0374. The lowest BCUT2D eigenvalue weighted by Crippen LogP contribution is -2.30. The van der Waals surface area contributed by atoms with Crippen molar-refractivity contribution in [3.8, 4) is 11.1 Å². The van der Waals surface area contributed by atoms with Gasteiger partial charge in [-0.3, -0.25) is 0 Å². The van der Waals surface area contributed by atoms with E-state index in [1.54, 1.807) is 18.2 Å². The number of nitrogens with one attached hydrogen (secondary N) is 1. The van der Waals surface area contributed by atoms with Crippen LogP contribution in [0.25, 0.3) is 11.1 Å². The Labute approximate surface area is 119 Å². The number of carbonyl (C=O) groups is 1. The fraction of sp³-hybridized carbons (Fsp3) is 0.0667. The minimum atomic E-state index is -0.651. The third-order valence-electron chi connectivity index (χ3n) is 3.09. The first-order chi connectivity index (χ1) is 10.1. The van der Waals surface area contributed by atoms with Gasteiger partial charge in [-0.15, -0.1) is 0 Å². The summed E-state index contributed by atoms with van der Waals surface area (Å²) in [6.07, 6.45) is -0.651. The van der Waals surface area contributed by atoms with E-state index >= 15 is 0 Å². The summed E-state index contributed by atoms with van der Waals surface area (Å²) in [7, 11) is 0. The predicted octanol–water partition coefficient (Wildman–Crippen LogP) is 3.08. The molecule has 1 N–H and O–H groups in total. The van der Waals surface area contributed by atoms with Crippen molar-refractivity contribution in [2.45, 2.75) is 0 Å². The van der Waals surface area contributed by atoms with Crippen molar-refractivity contribution in [3.63, 3.8) is 0 Å². The number of carbonyl (C=O) groups excluding carboxylic acids is 1. The maximum absolute atomic E-state index is 14.2. The summed E-state index contributed by atoms with van der Waals surface area (Å²) in [5.74, 6) is -1.06. The normalized spacial score (nSPS) is 14.2. The molecule has 1 heterocycles. The van der Waals surface area contributed by atoms with Gasteiger partial charge >= 0.3 is 6.09 Å². The predicted molar refractivity (Wildman–Crippen MR) is 72.8 cm³/mol. The van der Waals surface area contributed by atoms with Crippen LogP contribution in [0.2, 0.25) is 0 Å². The molecule has 0 radical (unpaired) electrons. The molecule has 2 aromatic carbocycles. The summed E-state index contributed by atoms with van der Waals surface area (Å²) in [6, 6.07) is 10.3. The number of halogens is 2. The van der Waals surface area contributed by atoms with Crippen molar-refractivity contribution in [2.24, 2.45) is 5.10 Å². The quantitative estimate of drug-likeness (QED) is 0.923. The third-order valence-corrected chi connectivity index (χ3v) is 3.09. The average Bonchev–Trinajstić information content (AvgIpc) is 2.49. The van der Waals surface area contributed by atoms with Crippen molar-refractivity contribution < 1.29 is 18.3 Å². The molecule has 4 nitrogen and oxygen atoms in total. The Balaban J connectivity index is 1.97. The number of hydrogen-bond donors (Lipinski definition) is 1. The van der Waals surface area contributed by atoms with E-state index in [9.17, 15) is 13.6 Å². The number of ether oxygens (including phenoxy) is 1. The summed E-state index contributed by atoms with van der Waals surface area (Å²) in [4.78, 5) is 10.8. The average molecular weight is 288 g/mol. The number of benzene rings is 2. The van der Waals surface area contributed by atoms with Gasteiger partial charge in [0.15, 0.2) is 0 Å². The Bertz CT molecular complexity index is 744. The van der Waals surface area contributed by atoms with Crippen molar-refractivity contribution in [1.82, 2.24) is 5.43 Å². The highest BCUT2D eigenvalue weighted by Crippen LogP contribution is 2.26. The van der Waals surface area contributed by atoms with E-state index in [1.165, 1.54) is 24.3 Å². The summed E-state index contributed by atoms with van der Waals surface area (Å²) >= 11 is 0. The second-order valence-electron chi connectivity index (χ2n) is 4.42. The monoisotopic (exact) mass is 288 g/mol. The van der Waals surface area contributed by atoms with E-state index in [0.717, 1.165) is 0 Å². The molecular formula is C15H10F2N2O2. The number of rotatable bonds is 2. The van der Waals surface area contributed by atoms with Crippen LogP contribution in [0.3, 0.4) is 0 Å². The standard InChI is InChI=1S/C15H10F2N2O2/c16-12-4-2-1-3-10(12)11-6-5-9(7-13(11)17)14-8-21-15(20)19-18-14/h1-7H,8H2,(H,19,20). The molecule has 106 valence electrons. The smallest absolute Gasteiger partial charge is 0.428 e. The van der Waals surface area contributed by atoms with Crippen LogP contribution in [0.4, 0.5) is 13.6 Å². The van der Waals surface area contributed by atoms with Crippen molar-refractivity contribution in [2.75, 3.05) is 6.61 Å². The van der Waals surface area contributed by atoms with Gasteiger partial charge in [0.25, 0.3) is 0 Å². The van der Waals surface area contributed by atoms with E-state index in [-0.39, 0.29) is 17.7 Å². The van der Waals surface area contributed by atoms with Gasteiger partial charge < -0.3 is 4.74 Å². The van der Waals surface area contributed by atoms with E-state index < -0.39 is 17.7 Å². The minimum Gasteiger partial charge on any atom is -0.442 e. The van der Waals surface area contributed by atoms with Gasteiger partial charge in [-0.1, -0.05) is 30.3 Å². The Morgan fingerprint density at radius 3 is 2.48 bits per heavy atom. The second-order valence-corrected chi connectivity index (χ2v) is 4.42. The van der Waals surface area contributed by atoms with E-state index in [4.69, 9.17) is 4.74 Å². The van der Waals surface area contributed by atoms with Crippen LogP contribution in [0.15, 0.2) is 47.6 Å². The molecule has 0 saturated carbocycles. The van der Waals surface area contributed by atoms with Gasteiger partial charge in [0.2, 0.25) is 0 Å². The maximum Gasteiger partial charge on any atom is 0.428 e. The minimum absolute atomic E-state index is 0.0374. The first-order valence-corrected chi connectivity index (χ1v) is 6.19. The number of hydrazone groups is 1. The molecule has 21 heavy (non-hydrogen) atoms. The number of amides is 1. The van der Waals surface area contributed by atoms with Gasteiger partial charge in [0.05, 0.1) is 0 Å². The maximum atomic E-state index is 14.2. The molecular weight excluding hydrogens is 278 g/mol. The SMILES string of the molecule is O=C1NN=C(c2ccc(-c3ccccc3F)c(F)c2)CO1. The Morgan fingerprint density at radius 1 is 1.05 bits per heavy atom. The van der Waals surface area contributed by atoms with Crippen LogP contribution in [0, 0.1) is 11.6 Å². The lowest BCUT2D eigenvalue weighted by atomic mass is 10.0. The van der Waals surface area contributed by atoms with Gasteiger partial charge in [-0.05, 0) is 12.1 Å². The molecule has 0 fully saturated rings. The molecule has 0 aliphatic carbocycles. The van der Waals surface area contributed by atoms with Crippen LogP contribution in [-0.2, 0) is 4.74 Å². The second kappa shape index (κ2) is 5.32. The number of nitrogens with zero attached hydrogens (tertiary/aromatic N) is 1. The van der Waals surface area contributed by atoms with E-state index in [0.29, 0.717) is 11.3 Å². The molecule has 1 aliphatic rings. The summed E-state index contributed by atoms with van der Waals surface area (Å²) in [5, 5.41) is 3.79. The summed E-state index contributed by atoms with van der Waals surface area (Å²) < 4.78 is 32.6. The van der Waals surface area contributed by atoms with Crippen LogP contribution < -0.4 is 5.43 Å². The molecule has 0 saturated heterocycles. The first-order valence-electron chi connectivity index (χ1n) is 6.19. The molecule has 0 spiro atoms. The molecule has 3 rings (SSSR count). The Kier molecular flexibility index (Phi) is 3.35. The zero-order chi connectivity index (χ0) is 14.8. The summed E-state index contributed by atoms with van der Waals surface area (Å²) in [5.41, 5.74) is 3.37. The molecule has 1 amide bonds. The topological polar surface area (TPSA) is 50.7 Å². The van der Waals surface area contributed by atoms with E-state index in [1.807, 2.05) is 0 Å². The van der Waals surface area contributed by atoms with Gasteiger partial charge in [-0.2, -0.15) is 5.10 Å². The molecule has 0 aromatic heterocycles. The third kappa shape index (κ3) is 2.60. The number of cyclic esters (lactones) is 1. The van der Waals surface area contributed by atoms with Gasteiger partial charge in [0, 0.05) is 16.7 Å². The highest BCUT2D eigenvalue weighted by atomic mass is 19.1. The van der Waals surface area contributed by atoms with Gasteiger partial charge in [-0.25, -0.2) is 19.0 Å². The fourth-order valence-corrected chi connectivity index (χ4v) is 2.05. The number of hydrogen-bond acceptors (Lipinski definition) is 3. The molecule has 0 unspecified atom stereocenters. The van der Waals surface area contributed by atoms with Gasteiger partial charge in [0.1, 0.15) is 24.0 Å². The van der Waals surface area contributed by atoms with E-state index in [2.05, 4.69) is 10.5 Å². The fourth-order valence-electron chi connectivity index (χ4n) is 2.05. The lowest BCUT2D eigenvalue weighted by molar-refractivity contribution is 0.157. The van der Waals surface area contributed by atoms with Crippen molar-refractivity contribution in [1.29, 1.82) is 0 Å². The molecule has 2 aromatic rings. The van der Waals surface area contributed by atoms with Crippen LogP contribution in [0.1, 0.15) is 5.56 Å². The molecule has 1 aliphatic heterocycles.